The first kappa shape index (κ1) is 20.6. The fourth-order valence-corrected chi connectivity index (χ4v) is 7.33. The third-order valence-electron chi connectivity index (χ3n) is 8.04. The van der Waals surface area contributed by atoms with E-state index in [0.29, 0.717) is 11.8 Å². The van der Waals surface area contributed by atoms with Gasteiger partial charge in [-0.15, -0.1) is 11.6 Å². The first-order chi connectivity index (χ1) is 13.6. The molecule has 4 aliphatic carbocycles. The van der Waals surface area contributed by atoms with Gasteiger partial charge in [0.15, 0.2) is 11.6 Å². The van der Waals surface area contributed by atoms with Crippen molar-refractivity contribution in [2.24, 2.45) is 34.5 Å². The van der Waals surface area contributed by atoms with Crippen LogP contribution in [-0.2, 0) is 19.1 Å². The fourth-order valence-electron chi connectivity index (χ4n) is 6.85. The molecule has 29 heavy (non-hydrogen) atoms. The molecular weight excluding hydrogens is 388 g/mol. The molecule has 0 radical (unpaired) electrons. The highest BCUT2D eigenvalue weighted by atomic mass is 35.5. The fraction of sp³-hybridized carbons (Fsp3) is 0.625. The Morgan fingerprint density at radius 3 is 2.66 bits per heavy atom. The summed E-state index contributed by atoms with van der Waals surface area (Å²) in [4.78, 5) is 36.1. The summed E-state index contributed by atoms with van der Waals surface area (Å²) < 4.78 is 5.04. The van der Waals surface area contributed by atoms with Crippen molar-refractivity contribution < 1.29 is 19.1 Å². The lowest BCUT2D eigenvalue weighted by molar-refractivity contribution is -0.148. The second-order valence-electron chi connectivity index (χ2n) is 9.76. The van der Waals surface area contributed by atoms with Gasteiger partial charge in [-0.3, -0.25) is 14.4 Å². The minimum atomic E-state index is -0.417. The topological polar surface area (TPSA) is 60.4 Å². The van der Waals surface area contributed by atoms with Crippen molar-refractivity contribution >= 4 is 29.1 Å². The van der Waals surface area contributed by atoms with E-state index < -0.39 is 5.97 Å². The summed E-state index contributed by atoms with van der Waals surface area (Å²) in [6.45, 7) is 7.73. The van der Waals surface area contributed by atoms with Gasteiger partial charge in [0.05, 0.1) is 5.38 Å². The zero-order valence-corrected chi connectivity index (χ0v) is 18.3. The van der Waals surface area contributed by atoms with Crippen LogP contribution in [-0.4, -0.2) is 29.5 Å². The molecule has 0 saturated heterocycles. The molecule has 0 aromatic rings. The Balaban J connectivity index is 1.69. The molecule has 0 aromatic carbocycles. The predicted octanol–water partition coefficient (Wildman–Crippen LogP) is 4.43. The number of hydrogen-bond donors (Lipinski definition) is 0. The number of hydrogen-bond acceptors (Lipinski definition) is 4. The van der Waals surface area contributed by atoms with E-state index in [1.807, 2.05) is 6.08 Å². The number of ketones is 2. The van der Waals surface area contributed by atoms with Gasteiger partial charge >= 0.3 is 5.97 Å². The standard InChI is InChI=1S/C24H29ClO4/c1-13-9-18-16-11-20(25)19-10-15(27)5-7-23(19,3)17(16)6-8-24(18,4)22(13)21(28)12-29-14(2)26/h5-7,10,13,16,18,20,22H,8-9,11-12H2,1-4H3/t13-,16-,18+,20+,22-,23-,24+/m1/s1. The first-order valence-electron chi connectivity index (χ1n) is 10.5. The molecule has 0 aromatic heterocycles. The highest BCUT2D eigenvalue weighted by Crippen LogP contribution is 2.65. The number of Topliss-reactive ketones (excluding diaryl/α,β-unsaturated/α-hetero) is 1. The summed E-state index contributed by atoms with van der Waals surface area (Å²) in [6.07, 6.45) is 10.3. The van der Waals surface area contributed by atoms with Crippen molar-refractivity contribution in [3.05, 3.63) is 35.5 Å². The quantitative estimate of drug-likeness (QED) is 0.388. The summed E-state index contributed by atoms with van der Waals surface area (Å²) in [7, 11) is 0. The van der Waals surface area contributed by atoms with Crippen LogP contribution in [0.15, 0.2) is 35.5 Å². The van der Waals surface area contributed by atoms with Gasteiger partial charge in [-0.2, -0.15) is 0 Å². The van der Waals surface area contributed by atoms with Gasteiger partial charge in [-0.25, -0.2) is 0 Å². The van der Waals surface area contributed by atoms with Crippen LogP contribution >= 0.6 is 11.6 Å². The Labute approximate surface area is 177 Å². The average Bonchev–Trinajstić information content (AvgIpc) is 2.92. The first-order valence-corrected chi connectivity index (χ1v) is 11.0. The van der Waals surface area contributed by atoms with Gasteiger partial charge in [0.1, 0.15) is 6.61 Å². The molecule has 4 nitrogen and oxygen atoms in total. The van der Waals surface area contributed by atoms with Crippen molar-refractivity contribution in [3.63, 3.8) is 0 Å². The van der Waals surface area contributed by atoms with Crippen LogP contribution in [0.4, 0.5) is 0 Å². The van der Waals surface area contributed by atoms with E-state index >= 15 is 0 Å². The molecule has 4 rings (SSSR count). The van der Waals surface area contributed by atoms with E-state index in [2.05, 4.69) is 26.8 Å². The van der Waals surface area contributed by atoms with Gasteiger partial charge in [-0.1, -0.05) is 31.6 Å². The number of ether oxygens (including phenoxy) is 1. The van der Waals surface area contributed by atoms with Gasteiger partial charge in [-0.05, 0) is 67.1 Å². The van der Waals surface area contributed by atoms with Crippen LogP contribution in [0.2, 0.25) is 0 Å². The predicted molar refractivity (Wildman–Crippen MR) is 111 cm³/mol. The molecule has 2 fully saturated rings. The minimum Gasteiger partial charge on any atom is -0.458 e. The van der Waals surface area contributed by atoms with E-state index in [0.717, 1.165) is 24.8 Å². The molecule has 4 aliphatic rings. The maximum absolute atomic E-state index is 13.0. The molecule has 2 saturated carbocycles. The van der Waals surface area contributed by atoms with Crippen LogP contribution in [0.5, 0.6) is 0 Å². The smallest absolute Gasteiger partial charge is 0.303 e. The Morgan fingerprint density at radius 1 is 1.24 bits per heavy atom. The summed E-state index contributed by atoms with van der Waals surface area (Å²) in [5.41, 5.74) is 1.89. The number of alkyl halides is 1. The summed E-state index contributed by atoms with van der Waals surface area (Å²) in [5, 5.41) is -0.176. The monoisotopic (exact) mass is 416 g/mol. The number of fused-ring (bicyclic) bond motifs is 5. The lowest BCUT2D eigenvalue weighted by Gasteiger charge is -2.53. The Kier molecular flexibility index (Phi) is 4.92. The Bertz CT molecular complexity index is 868. The number of allylic oxidation sites excluding steroid dienone is 6. The molecule has 0 heterocycles. The largest absolute Gasteiger partial charge is 0.458 e. The molecule has 156 valence electrons. The highest BCUT2D eigenvalue weighted by molar-refractivity contribution is 6.23. The number of halogens is 1. The molecule has 0 aliphatic heterocycles. The highest BCUT2D eigenvalue weighted by Gasteiger charge is 2.60. The van der Waals surface area contributed by atoms with Crippen molar-refractivity contribution in [1.29, 1.82) is 0 Å². The summed E-state index contributed by atoms with van der Waals surface area (Å²) in [5.74, 6) is 0.393. The zero-order valence-electron chi connectivity index (χ0n) is 17.5. The molecule has 0 unspecified atom stereocenters. The van der Waals surface area contributed by atoms with Crippen LogP contribution < -0.4 is 0 Å². The van der Waals surface area contributed by atoms with Gasteiger partial charge in [0.2, 0.25) is 0 Å². The normalized spacial score (nSPS) is 42.9. The van der Waals surface area contributed by atoms with Crippen LogP contribution in [0.25, 0.3) is 0 Å². The van der Waals surface area contributed by atoms with Crippen molar-refractivity contribution in [2.45, 2.75) is 52.3 Å². The van der Waals surface area contributed by atoms with Crippen molar-refractivity contribution in [3.8, 4) is 0 Å². The third-order valence-corrected chi connectivity index (χ3v) is 8.45. The molecule has 0 spiro atoms. The van der Waals surface area contributed by atoms with Crippen LogP contribution in [0, 0.1) is 34.5 Å². The number of rotatable bonds is 3. The minimum absolute atomic E-state index is 0.00782. The third kappa shape index (κ3) is 3.06. The zero-order chi connectivity index (χ0) is 21.1. The van der Waals surface area contributed by atoms with E-state index in [1.54, 1.807) is 12.2 Å². The molecular formula is C24H29ClO4. The molecule has 0 amide bonds. The Morgan fingerprint density at radius 2 is 1.97 bits per heavy atom. The van der Waals surface area contributed by atoms with E-state index in [-0.39, 0.29) is 46.2 Å². The van der Waals surface area contributed by atoms with Crippen LogP contribution in [0.3, 0.4) is 0 Å². The van der Waals surface area contributed by atoms with Crippen LogP contribution in [0.1, 0.15) is 47.0 Å². The van der Waals surface area contributed by atoms with Gasteiger partial charge < -0.3 is 4.74 Å². The molecule has 0 N–H and O–H groups in total. The molecule has 5 heteroatoms. The SMILES string of the molecule is CC(=O)OCC(=O)[C@H]1[C@H](C)C[C@H]2[C@@H]3C[C@H](Cl)C4=CC(=O)C=C[C@]4(C)C3=CC[C@@]21C. The molecule has 7 atom stereocenters. The Hall–Kier alpha value is -1.68. The van der Waals surface area contributed by atoms with Crippen molar-refractivity contribution in [1.82, 2.24) is 0 Å². The summed E-state index contributed by atoms with van der Waals surface area (Å²) >= 11 is 6.81. The number of carbonyl (C=O) groups is 3. The second-order valence-corrected chi connectivity index (χ2v) is 10.3. The van der Waals surface area contributed by atoms with Crippen molar-refractivity contribution in [2.75, 3.05) is 6.61 Å². The lowest BCUT2D eigenvalue weighted by atomic mass is 9.52. The van der Waals surface area contributed by atoms with E-state index in [1.165, 1.54) is 12.5 Å². The van der Waals surface area contributed by atoms with Gasteiger partial charge in [0.25, 0.3) is 0 Å². The second kappa shape index (κ2) is 6.94. The van der Waals surface area contributed by atoms with E-state index in [9.17, 15) is 14.4 Å². The number of carbonyl (C=O) groups excluding carboxylic acids is 3. The summed E-state index contributed by atoms with van der Waals surface area (Å²) in [6, 6.07) is 0. The molecule has 0 bridgehead atoms. The van der Waals surface area contributed by atoms with Gasteiger partial charge in [0, 0.05) is 18.3 Å². The van der Waals surface area contributed by atoms with E-state index in [4.69, 9.17) is 16.3 Å². The maximum Gasteiger partial charge on any atom is 0.303 e. The maximum atomic E-state index is 13.0. The average molecular weight is 417 g/mol. The number of esters is 1. The lowest BCUT2D eigenvalue weighted by Crippen LogP contribution is -2.47.